The van der Waals surface area contributed by atoms with E-state index in [1.54, 1.807) is 12.4 Å². The lowest BCUT2D eigenvalue weighted by molar-refractivity contribution is 0.515. The number of aromatic nitrogens is 2. The number of hydrogen-bond donors (Lipinski definition) is 1. The number of nitriles is 1. The Balaban J connectivity index is 1.91. The van der Waals surface area contributed by atoms with Crippen molar-refractivity contribution in [3.05, 3.63) is 18.1 Å². The molecule has 1 aromatic heterocycles. The molecule has 2 heterocycles. The molecule has 0 bridgehead atoms. The normalized spacial score (nSPS) is 16.7. The van der Waals surface area contributed by atoms with Crippen molar-refractivity contribution in [2.45, 2.75) is 12.8 Å². The first-order chi connectivity index (χ1) is 7.90. The van der Waals surface area contributed by atoms with Crippen LogP contribution >= 0.6 is 11.8 Å². The van der Waals surface area contributed by atoms with E-state index in [0.29, 0.717) is 17.4 Å². The Hall–Kier alpha value is -1.28. The molecule has 0 aliphatic carbocycles. The standard InChI is InChI=1S/C11H14N4S/c12-7-10-11(14-4-3-13-10)15-8-9-1-5-16-6-2-9/h3-4,9H,1-2,5-6,8H2,(H,14,15). The topological polar surface area (TPSA) is 61.6 Å². The van der Waals surface area contributed by atoms with Crippen LogP contribution in [0.25, 0.3) is 0 Å². The van der Waals surface area contributed by atoms with Gasteiger partial charge in [0.15, 0.2) is 11.5 Å². The van der Waals surface area contributed by atoms with Crippen LogP contribution in [-0.2, 0) is 0 Å². The summed E-state index contributed by atoms with van der Waals surface area (Å²) >= 11 is 2.02. The smallest absolute Gasteiger partial charge is 0.182 e. The number of thioether (sulfide) groups is 1. The Morgan fingerprint density at radius 2 is 2.12 bits per heavy atom. The first-order valence-electron chi connectivity index (χ1n) is 5.43. The van der Waals surface area contributed by atoms with E-state index in [1.165, 1.54) is 24.3 Å². The predicted molar refractivity (Wildman–Crippen MR) is 65.3 cm³/mol. The summed E-state index contributed by atoms with van der Waals surface area (Å²) in [4.78, 5) is 8.10. The van der Waals surface area contributed by atoms with Crippen molar-refractivity contribution in [3.63, 3.8) is 0 Å². The zero-order valence-electron chi connectivity index (χ0n) is 9.02. The third-order valence-corrected chi connectivity index (χ3v) is 3.75. The third kappa shape index (κ3) is 2.86. The minimum Gasteiger partial charge on any atom is -0.367 e. The lowest BCUT2D eigenvalue weighted by atomic mass is 10.0. The zero-order valence-corrected chi connectivity index (χ0v) is 9.83. The van der Waals surface area contributed by atoms with Gasteiger partial charge in [0.25, 0.3) is 0 Å². The van der Waals surface area contributed by atoms with Gasteiger partial charge in [-0.15, -0.1) is 0 Å². The molecule has 4 nitrogen and oxygen atoms in total. The monoisotopic (exact) mass is 234 g/mol. The molecule has 0 radical (unpaired) electrons. The fourth-order valence-electron chi connectivity index (χ4n) is 1.74. The summed E-state index contributed by atoms with van der Waals surface area (Å²) in [5.41, 5.74) is 0.382. The summed E-state index contributed by atoms with van der Waals surface area (Å²) in [6.45, 7) is 0.897. The molecule has 0 unspecified atom stereocenters. The number of nitrogens with one attached hydrogen (secondary N) is 1. The summed E-state index contributed by atoms with van der Waals surface area (Å²) in [6, 6.07) is 2.04. The van der Waals surface area contributed by atoms with Crippen molar-refractivity contribution in [1.29, 1.82) is 5.26 Å². The highest BCUT2D eigenvalue weighted by molar-refractivity contribution is 7.99. The van der Waals surface area contributed by atoms with Gasteiger partial charge in [0.05, 0.1) is 0 Å². The minimum atomic E-state index is 0.382. The van der Waals surface area contributed by atoms with Crippen LogP contribution in [0.2, 0.25) is 0 Å². The molecule has 5 heteroatoms. The average molecular weight is 234 g/mol. The average Bonchev–Trinajstić information content (AvgIpc) is 2.38. The van der Waals surface area contributed by atoms with E-state index < -0.39 is 0 Å². The molecule has 1 fully saturated rings. The van der Waals surface area contributed by atoms with E-state index in [-0.39, 0.29) is 0 Å². The lowest BCUT2D eigenvalue weighted by Gasteiger charge is -2.21. The van der Waals surface area contributed by atoms with Gasteiger partial charge in [-0.3, -0.25) is 0 Å². The molecule has 1 N–H and O–H groups in total. The molecule has 2 rings (SSSR count). The molecule has 0 aromatic carbocycles. The van der Waals surface area contributed by atoms with Gasteiger partial charge < -0.3 is 5.32 Å². The highest BCUT2D eigenvalue weighted by atomic mass is 32.2. The maximum absolute atomic E-state index is 8.86. The van der Waals surface area contributed by atoms with Gasteiger partial charge in [0, 0.05) is 18.9 Å². The molecule has 1 aliphatic rings. The Kier molecular flexibility index (Phi) is 4.00. The van der Waals surface area contributed by atoms with Crippen molar-refractivity contribution in [2.24, 2.45) is 5.92 Å². The van der Waals surface area contributed by atoms with Crippen molar-refractivity contribution in [2.75, 3.05) is 23.4 Å². The van der Waals surface area contributed by atoms with Gasteiger partial charge in [-0.1, -0.05) is 0 Å². The van der Waals surface area contributed by atoms with Gasteiger partial charge >= 0.3 is 0 Å². The quantitative estimate of drug-likeness (QED) is 0.865. The maximum atomic E-state index is 8.86. The first kappa shape index (κ1) is 11.2. The van der Waals surface area contributed by atoms with Crippen LogP contribution in [0.3, 0.4) is 0 Å². The van der Waals surface area contributed by atoms with Gasteiger partial charge in [-0.25, -0.2) is 9.97 Å². The SMILES string of the molecule is N#Cc1nccnc1NCC1CCSCC1. The predicted octanol–water partition coefficient (Wildman–Crippen LogP) is 1.90. The third-order valence-electron chi connectivity index (χ3n) is 2.70. The summed E-state index contributed by atoms with van der Waals surface area (Å²) in [5, 5.41) is 12.1. The van der Waals surface area contributed by atoms with Crippen LogP contribution in [0.4, 0.5) is 5.82 Å². The van der Waals surface area contributed by atoms with Crippen molar-refractivity contribution >= 4 is 17.6 Å². The molecular formula is C11H14N4S. The van der Waals surface area contributed by atoms with Gasteiger partial charge in [-0.2, -0.15) is 17.0 Å². The maximum Gasteiger partial charge on any atom is 0.182 e. The van der Waals surface area contributed by atoms with E-state index in [4.69, 9.17) is 5.26 Å². The summed E-state index contributed by atoms with van der Waals surface area (Å²) < 4.78 is 0. The van der Waals surface area contributed by atoms with Gasteiger partial charge in [-0.05, 0) is 30.3 Å². The first-order valence-corrected chi connectivity index (χ1v) is 6.58. The largest absolute Gasteiger partial charge is 0.367 e. The van der Waals surface area contributed by atoms with Crippen molar-refractivity contribution < 1.29 is 0 Å². The van der Waals surface area contributed by atoms with Crippen LogP contribution in [-0.4, -0.2) is 28.0 Å². The fourth-order valence-corrected chi connectivity index (χ4v) is 2.94. The molecule has 1 saturated heterocycles. The van der Waals surface area contributed by atoms with E-state index >= 15 is 0 Å². The van der Waals surface area contributed by atoms with Crippen LogP contribution in [0.1, 0.15) is 18.5 Å². The Bertz CT molecular complexity index is 382. The summed E-state index contributed by atoms with van der Waals surface area (Å²) in [6.07, 6.45) is 5.65. The summed E-state index contributed by atoms with van der Waals surface area (Å²) in [5.74, 6) is 3.81. The number of anilines is 1. The van der Waals surface area contributed by atoms with E-state index in [2.05, 4.69) is 15.3 Å². The highest BCUT2D eigenvalue weighted by Crippen LogP contribution is 2.23. The number of hydrogen-bond acceptors (Lipinski definition) is 5. The molecule has 84 valence electrons. The van der Waals surface area contributed by atoms with Crippen LogP contribution in [0, 0.1) is 17.2 Å². The van der Waals surface area contributed by atoms with Crippen LogP contribution in [0.15, 0.2) is 12.4 Å². The second kappa shape index (κ2) is 5.71. The molecule has 0 amide bonds. The molecule has 0 spiro atoms. The minimum absolute atomic E-state index is 0.382. The van der Waals surface area contributed by atoms with Gasteiger partial charge in [0.1, 0.15) is 6.07 Å². The van der Waals surface area contributed by atoms with Crippen LogP contribution < -0.4 is 5.32 Å². The summed E-state index contributed by atoms with van der Waals surface area (Å²) in [7, 11) is 0. The van der Waals surface area contributed by atoms with Crippen LogP contribution in [0.5, 0.6) is 0 Å². The lowest BCUT2D eigenvalue weighted by Crippen LogP contribution is -2.20. The number of rotatable bonds is 3. The van der Waals surface area contributed by atoms with Crippen molar-refractivity contribution in [1.82, 2.24) is 9.97 Å². The Morgan fingerprint density at radius 3 is 2.88 bits per heavy atom. The molecule has 1 aromatic rings. The van der Waals surface area contributed by atoms with Crippen molar-refractivity contribution in [3.8, 4) is 6.07 Å². The molecular weight excluding hydrogens is 220 g/mol. The molecule has 0 atom stereocenters. The molecule has 1 aliphatic heterocycles. The van der Waals surface area contributed by atoms with E-state index in [1.807, 2.05) is 17.8 Å². The Morgan fingerprint density at radius 1 is 1.38 bits per heavy atom. The number of nitrogens with zero attached hydrogens (tertiary/aromatic N) is 3. The zero-order chi connectivity index (χ0) is 11.2. The van der Waals surface area contributed by atoms with E-state index in [9.17, 15) is 0 Å². The highest BCUT2D eigenvalue weighted by Gasteiger charge is 2.14. The second-order valence-corrected chi connectivity index (χ2v) is 5.03. The molecule has 0 saturated carbocycles. The second-order valence-electron chi connectivity index (χ2n) is 3.80. The fraction of sp³-hybridized carbons (Fsp3) is 0.545. The van der Waals surface area contributed by atoms with Gasteiger partial charge in [0.2, 0.25) is 0 Å². The van der Waals surface area contributed by atoms with E-state index in [0.717, 1.165) is 6.54 Å². The molecule has 16 heavy (non-hydrogen) atoms. The Labute approximate surface area is 99.5 Å².